The van der Waals surface area contributed by atoms with Gasteiger partial charge < -0.3 is 30.7 Å². The van der Waals surface area contributed by atoms with Crippen molar-refractivity contribution in [1.82, 2.24) is 15.5 Å². The lowest BCUT2D eigenvalue weighted by molar-refractivity contribution is -0.137. The first kappa shape index (κ1) is 30.3. The average molecular weight is 566 g/mol. The molecule has 2 heterocycles. The number of hydrogen-bond acceptors (Lipinski definition) is 7. The summed E-state index contributed by atoms with van der Waals surface area (Å²) >= 11 is 1.42. The molecular formula is C29H35N5O5S. The number of nitrogens with one attached hydrogen (secondary N) is 3. The van der Waals surface area contributed by atoms with Gasteiger partial charge in [-0.2, -0.15) is 0 Å². The van der Waals surface area contributed by atoms with Gasteiger partial charge in [0.25, 0.3) is 5.91 Å². The number of thiophene rings is 1. The zero-order chi connectivity index (χ0) is 29.1. The summed E-state index contributed by atoms with van der Waals surface area (Å²) in [6.07, 6.45) is 1.27. The van der Waals surface area contributed by atoms with Crippen LogP contribution in [0.5, 0.6) is 11.5 Å². The molecule has 2 atom stereocenters. The molecule has 40 heavy (non-hydrogen) atoms. The van der Waals surface area contributed by atoms with Crippen LogP contribution in [0.3, 0.4) is 0 Å². The molecule has 5 N–H and O–H groups in total. The number of nitrogen functional groups attached to an aromatic ring is 1. The number of nitrogens with two attached hydrogens (primary N) is 1. The van der Waals surface area contributed by atoms with Crippen LogP contribution in [0.15, 0.2) is 66.0 Å². The highest BCUT2D eigenvalue weighted by molar-refractivity contribution is 7.10. The number of likely N-dealkylation sites (tertiary alicyclic amines) is 1. The van der Waals surface area contributed by atoms with Gasteiger partial charge in [0.05, 0.1) is 12.6 Å². The van der Waals surface area contributed by atoms with Crippen molar-refractivity contribution in [2.45, 2.75) is 31.8 Å². The zero-order valence-electron chi connectivity index (χ0n) is 22.8. The Morgan fingerprint density at radius 2 is 1.73 bits per heavy atom. The molecule has 1 aliphatic heterocycles. The monoisotopic (exact) mass is 565 g/mol. The van der Waals surface area contributed by atoms with Gasteiger partial charge in [0.1, 0.15) is 23.4 Å². The maximum atomic E-state index is 12.9. The molecule has 3 amide bonds. The van der Waals surface area contributed by atoms with E-state index in [1.807, 2.05) is 37.3 Å². The molecule has 0 radical (unpaired) electrons. The van der Waals surface area contributed by atoms with E-state index in [9.17, 15) is 14.4 Å². The number of rotatable bonds is 9. The van der Waals surface area contributed by atoms with Gasteiger partial charge in [-0.3, -0.25) is 19.8 Å². The Labute approximate surface area is 238 Å². The molecule has 1 saturated heterocycles. The van der Waals surface area contributed by atoms with Gasteiger partial charge in [0, 0.05) is 42.1 Å². The second kappa shape index (κ2) is 14.8. The minimum atomic E-state index is -0.589. The molecule has 0 aliphatic carbocycles. The molecule has 0 bridgehead atoms. The molecule has 0 spiro atoms. The lowest BCUT2D eigenvalue weighted by Gasteiger charge is -2.25. The Bertz CT molecular complexity index is 1300. The molecular weight excluding hydrogens is 530 g/mol. The summed E-state index contributed by atoms with van der Waals surface area (Å²) in [6.45, 7) is 2.11. The van der Waals surface area contributed by atoms with Crippen LogP contribution in [0.4, 0.5) is 0 Å². The lowest BCUT2D eigenvalue weighted by atomic mass is 10.1. The third-order valence-corrected chi connectivity index (χ3v) is 7.20. The van der Waals surface area contributed by atoms with Gasteiger partial charge in [-0.15, -0.1) is 11.3 Å². The molecule has 1 fully saturated rings. The van der Waals surface area contributed by atoms with Crippen LogP contribution in [-0.4, -0.2) is 61.8 Å². The fraction of sp³-hybridized carbons (Fsp3) is 0.310. The Morgan fingerprint density at radius 1 is 1.07 bits per heavy atom. The Balaban J connectivity index is 0.00000141. The lowest BCUT2D eigenvalue weighted by Crippen LogP contribution is -2.49. The van der Waals surface area contributed by atoms with Gasteiger partial charge in [0.15, 0.2) is 0 Å². The van der Waals surface area contributed by atoms with Crippen molar-refractivity contribution in [2.75, 3.05) is 27.3 Å². The van der Waals surface area contributed by atoms with E-state index in [1.165, 1.54) is 16.2 Å². The summed E-state index contributed by atoms with van der Waals surface area (Å²) < 4.78 is 9.99. The van der Waals surface area contributed by atoms with Crippen molar-refractivity contribution < 1.29 is 23.9 Å². The van der Waals surface area contributed by atoms with Crippen molar-refractivity contribution in [3.63, 3.8) is 0 Å². The summed E-state index contributed by atoms with van der Waals surface area (Å²) in [5, 5.41) is 14.9. The van der Waals surface area contributed by atoms with Crippen LogP contribution >= 0.6 is 11.3 Å². The number of amidine groups is 1. The third-order valence-electron chi connectivity index (χ3n) is 6.09. The van der Waals surface area contributed by atoms with Crippen molar-refractivity contribution in [3.8, 4) is 11.5 Å². The number of benzene rings is 2. The minimum absolute atomic E-state index is 0.0212. The highest BCUT2D eigenvalue weighted by Gasteiger charge is 2.34. The summed E-state index contributed by atoms with van der Waals surface area (Å²) in [7, 11) is 3.25. The predicted molar refractivity (Wildman–Crippen MR) is 155 cm³/mol. The second-order valence-corrected chi connectivity index (χ2v) is 10.1. The largest absolute Gasteiger partial charge is 0.457 e. The number of amides is 3. The SMILES string of the molecule is COC.C[C@@H](NC(=O)C1CCCN1C(=O)CNC(=O)c1ccc(Oc2ccccc2)cc1)c1cc(C(=N)N)cs1. The zero-order valence-corrected chi connectivity index (χ0v) is 23.6. The van der Waals surface area contributed by atoms with Crippen LogP contribution in [0, 0.1) is 5.41 Å². The number of para-hydroxylation sites is 1. The van der Waals surface area contributed by atoms with Gasteiger partial charge >= 0.3 is 0 Å². The summed E-state index contributed by atoms with van der Waals surface area (Å²) in [6, 6.07) is 16.9. The number of hydrogen-bond donors (Lipinski definition) is 4. The van der Waals surface area contributed by atoms with E-state index >= 15 is 0 Å². The van der Waals surface area contributed by atoms with E-state index in [0.717, 1.165) is 4.88 Å². The number of methoxy groups -OCH3 is 1. The van der Waals surface area contributed by atoms with Gasteiger partial charge in [-0.05, 0) is 62.2 Å². The molecule has 10 nitrogen and oxygen atoms in total. The van der Waals surface area contributed by atoms with Gasteiger partial charge in [-0.1, -0.05) is 18.2 Å². The Hall–Kier alpha value is -4.22. The molecule has 1 aliphatic rings. The van der Waals surface area contributed by atoms with E-state index in [2.05, 4.69) is 15.4 Å². The molecule has 1 unspecified atom stereocenters. The van der Waals surface area contributed by atoms with Crippen molar-refractivity contribution in [3.05, 3.63) is 82.0 Å². The first-order valence-corrected chi connectivity index (χ1v) is 13.7. The van der Waals surface area contributed by atoms with Crippen LogP contribution < -0.4 is 21.1 Å². The molecule has 4 rings (SSSR count). The standard InChI is InChI=1S/C27H29N5O4S.C2H6O/c1-17(23-14-19(16-37-23)25(28)29)31-27(35)22-8-5-13-32(22)24(33)15-30-26(34)18-9-11-21(12-10-18)36-20-6-3-2-4-7-20;1-3-2/h2-4,6-7,9-12,14,16-17,22H,5,8,13,15H2,1H3,(H3,28,29)(H,30,34)(H,31,35);1-2H3/t17-,22?;/m1./s1. The normalized spacial score (nSPS) is 14.9. The number of ether oxygens (including phenoxy) is 2. The molecule has 212 valence electrons. The number of carbonyl (C=O) groups is 3. The highest BCUT2D eigenvalue weighted by atomic mass is 32.1. The smallest absolute Gasteiger partial charge is 0.251 e. The Kier molecular flexibility index (Phi) is 11.2. The van der Waals surface area contributed by atoms with E-state index < -0.39 is 6.04 Å². The number of nitrogens with zero attached hydrogens (tertiary/aromatic N) is 1. The third kappa shape index (κ3) is 8.39. The van der Waals surface area contributed by atoms with Crippen molar-refractivity contribution >= 4 is 34.9 Å². The summed E-state index contributed by atoms with van der Waals surface area (Å²) in [5.41, 5.74) is 6.54. The molecule has 0 saturated carbocycles. The molecule has 2 aromatic carbocycles. The maximum Gasteiger partial charge on any atom is 0.251 e. The first-order valence-electron chi connectivity index (χ1n) is 12.8. The summed E-state index contributed by atoms with van der Waals surface area (Å²) in [4.78, 5) is 40.8. The minimum Gasteiger partial charge on any atom is -0.457 e. The topological polar surface area (TPSA) is 147 Å². The first-order chi connectivity index (χ1) is 19.2. The van der Waals surface area contributed by atoms with Gasteiger partial charge in [-0.25, -0.2) is 0 Å². The fourth-order valence-electron chi connectivity index (χ4n) is 4.10. The van der Waals surface area contributed by atoms with E-state index in [-0.39, 0.29) is 36.1 Å². The molecule has 3 aromatic rings. The fourth-order valence-corrected chi connectivity index (χ4v) is 5.01. The molecule has 11 heteroatoms. The van der Waals surface area contributed by atoms with E-state index in [0.29, 0.717) is 42.0 Å². The highest BCUT2D eigenvalue weighted by Crippen LogP contribution is 2.24. The van der Waals surface area contributed by atoms with Crippen LogP contribution in [0.2, 0.25) is 0 Å². The van der Waals surface area contributed by atoms with E-state index in [1.54, 1.807) is 49.9 Å². The van der Waals surface area contributed by atoms with Crippen LogP contribution in [-0.2, 0) is 14.3 Å². The quantitative estimate of drug-likeness (QED) is 0.230. The maximum absolute atomic E-state index is 12.9. The second-order valence-electron chi connectivity index (χ2n) is 9.16. The van der Waals surface area contributed by atoms with Crippen molar-refractivity contribution in [1.29, 1.82) is 5.41 Å². The number of carbonyl (C=O) groups excluding carboxylic acids is 3. The summed E-state index contributed by atoms with van der Waals surface area (Å²) in [5.74, 6) is 0.341. The average Bonchev–Trinajstić information content (AvgIpc) is 3.64. The van der Waals surface area contributed by atoms with Gasteiger partial charge in [0.2, 0.25) is 11.8 Å². The predicted octanol–water partition coefficient (Wildman–Crippen LogP) is 3.69. The van der Waals surface area contributed by atoms with Crippen LogP contribution in [0.1, 0.15) is 46.6 Å². The van der Waals surface area contributed by atoms with E-state index in [4.69, 9.17) is 15.9 Å². The molecule has 1 aromatic heterocycles. The Morgan fingerprint density at radius 3 is 2.35 bits per heavy atom. The van der Waals surface area contributed by atoms with Crippen molar-refractivity contribution in [2.24, 2.45) is 5.73 Å². The van der Waals surface area contributed by atoms with Crippen LogP contribution in [0.25, 0.3) is 0 Å².